The number of nitrogen functional groups attached to an aromatic ring is 1. The molecule has 2 fully saturated rings. The summed E-state index contributed by atoms with van der Waals surface area (Å²) in [6, 6.07) is 1.58. The molecule has 3 N–H and O–H groups in total. The number of hydrogen-bond acceptors (Lipinski definition) is 5. The van der Waals surface area contributed by atoms with Gasteiger partial charge < -0.3 is 15.6 Å². The van der Waals surface area contributed by atoms with E-state index in [0.29, 0.717) is 6.61 Å². The largest absolute Gasteiger partial charge is 0.396 e. The fourth-order valence-electron chi connectivity index (χ4n) is 2.44. The molecule has 1 saturated carbocycles. The zero-order valence-corrected chi connectivity index (χ0v) is 8.67. The Morgan fingerprint density at radius 3 is 3.12 bits per heavy atom. The molecule has 0 bridgehead atoms. The van der Waals surface area contributed by atoms with Crippen LogP contribution >= 0.6 is 0 Å². The van der Waals surface area contributed by atoms with Crippen LogP contribution in [0.1, 0.15) is 12.6 Å². The molecule has 1 saturated heterocycles. The third kappa shape index (κ3) is 1.20. The number of aliphatic hydroxyl groups excluding tert-OH is 1. The van der Waals surface area contributed by atoms with Gasteiger partial charge in [-0.1, -0.05) is 0 Å². The number of fused-ring (bicyclic) bond motifs is 1. The summed E-state index contributed by atoms with van der Waals surface area (Å²) in [4.78, 5) is 15.3. The summed E-state index contributed by atoms with van der Waals surface area (Å²) in [6.45, 7) is 0.626. The molecular formula is C10H13N3O3. The van der Waals surface area contributed by atoms with Crippen molar-refractivity contribution >= 4 is 5.82 Å². The second kappa shape index (κ2) is 3.05. The van der Waals surface area contributed by atoms with Crippen LogP contribution in [0.2, 0.25) is 0 Å². The Kier molecular flexibility index (Phi) is 1.87. The Morgan fingerprint density at radius 2 is 2.56 bits per heavy atom. The maximum Gasteiger partial charge on any atom is 0.351 e. The lowest BCUT2D eigenvalue weighted by atomic mass is 10.1. The first-order valence-electron chi connectivity index (χ1n) is 5.23. The van der Waals surface area contributed by atoms with Crippen molar-refractivity contribution in [3.63, 3.8) is 0 Å². The third-order valence-electron chi connectivity index (χ3n) is 3.58. The molecule has 16 heavy (non-hydrogen) atoms. The third-order valence-corrected chi connectivity index (χ3v) is 3.58. The van der Waals surface area contributed by atoms with Gasteiger partial charge in [-0.3, -0.25) is 4.57 Å². The highest BCUT2D eigenvalue weighted by molar-refractivity contribution is 5.24. The van der Waals surface area contributed by atoms with Crippen LogP contribution in [0.4, 0.5) is 5.82 Å². The van der Waals surface area contributed by atoms with Gasteiger partial charge in [-0.25, -0.2) is 4.79 Å². The second-order valence-corrected chi connectivity index (χ2v) is 4.57. The van der Waals surface area contributed by atoms with Crippen molar-refractivity contribution < 1.29 is 9.84 Å². The van der Waals surface area contributed by atoms with Crippen molar-refractivity contribution in [2.24, 2.45) is 11.3 Å². The SMILES string of the molecule is Nc1ccn([C@H]2OC[C@]3(CO)C[C@H]23)c(=O)n1. The van der Waals surface area contributed by atoms with Crippen LogP contribution < -0.4 is 11.4 Å². The minimum atomic E-state index is -0.398. The summed E-state index contributed by atoms with van der Waals surface area (Å²) in [7, 11) is 0. The van der Waals surface area contributed by atoms with Gasteiger partial charge in [0.15, 0.2) is 0 Å². The van der Waals surface area contributed by atoms with Crippen LogP contribution in [-0.4, -0.2) is 27.9 Å². The fourth-order valence-corrected chi connectivity index (χ4v) is 2.44. The first-order chi connectivity index (χ1) is 7.66. The lowest BCUT2D eigenvalue weighted by Crippen LogP contribution is -2.28. The van der Waals surface area contributed by atoms with Gasteiger partial charge in [0.25, 0.3) is 0 Å². The minimum Gasteiger partial charge on any atom is -0.396 e. The zero-order chi connectivity index (χ0) is 11.3. The Morgan fingerprint density at radius 1 is 1.75 bits per heavy atom. The molecule has 2 aliphatic rings. The number of aliphatic hydroxyl groups is 1. The van der Waals surface area contributed by atoms with Gasteiger partial charge in [-0.2, -0.15) is 4.98 Å². The lowest BCUT2D eigenvalue weighted by molar-refractivity contribution is 0.0139. The standard InChI is InChI=1S/C10H13N3O3/c11-7-1-2-13(9(15)12-7)8-6-3-10(6,4-14)5-16-8/h1-2,6,8,14H,3-5H2,(H2,11,12,15)/t6-,8+,10-/m1/s1. The summed E-state index contributed by atoms with van der Waals surface area (Å²) >= 11 is 0. The normalized spacial score (nSPS) is 36.1. The number of anilines is 1. The molecule has 0 spiro atoms. The highest BCUT2D eigenvalue weighted by Crippen LogP contribution is 2.62. The number of nitrogens with zero attached hydrogens (tertiary/aromatic N) is 2. The van der Waals surface area contributed by atoms with Gasteiger partial charge >= 0.3 is 5.69 Å². The summed E-state index contributed by atoms with van der Waals surface area (Å²) in [5.41, 5.74) is 4.90. The van der Waals surface area contributed by atoms with Crippen molar-refractivity contribution in [3.8, 4) is 0 Å². The Hall–Kier alpha value is -1.40. The van der Waals surface area contributed by atoms with E-state index in [1.165, 1.54) is 4.57 Å². The summed E-state index contributed by atoms with van der Waals surface area (Å²) in [5.74, 6) is 0.434. The van der Waals surface area contributed by atoms with Crippen LogP contribution in [-0.2, 0) is 4.74 Å². The van der Waals surface area contributed by atoms with Crippen molar-refractivity contribution in [2.45, 2.75) is 12.6 Å². The number of ether oxygens (including phenoxy) is 1. The Balaban J connectivity index is 1.92. The average molecular weight is 223 g/mol. The van der Waals surface area contributed by atoms with Gasteiger partial charge in [0.1, 0.15) is 12.0 Å². The van der Waals surface area contributed by atoms with E-state index < -0.39 is 5.69 Å². The number of hydrogen-bond donors (Lipinski definition) is 2. The van der Waals surface area contributed by atoms with E-state index in [0.717, 1.165) is 6.42 Å². The minimum absolute atomic E-state index is 0.116. The van der Waals surface area contributed by atoms with E-state index in [9.17, 15) is 9.90 Å². The molecule has 6 nitrogen and oxygen atoms in total. The van der Waals surface area contributed by atoms with Gasteiger partial charge in [0, 0.05) is 17.5 Å². The number of aromatic nitrogens is 2. The average Bonchev–Trinajstić information content (AvgIpc) is 2.88. The van der Waals surface area contributed by atoms with Crippen LogP contribution in [0.25, 0.3) is 0 Å². The van der Waals surface area contributed by atoms with Crippen molar-refractivity contribution in [3.05, 3.63) is 22.7 Å². The molecule has 0 radical (unpaired) electrons. The number of rotatable bonds is 2. The van der Waals surface area contributed by atoms with Crippen LogP contribution in [0.15, 0.2) is 17.1 Å². The van der Waals surface area contributed by atoms with Crippen LogP contribution in [0.3, 0.4) is 0 Å². The maximum absolute atomic E-state index is 11.6. The van der Waals surface area contributed by atoms with Gasteiger partial charge in [-0.05, 0) is 12.5 Å². The van der Waals surface area contributed by atoms with E-state index in [4.69, 9.17) is 10.5 Å². The smallest absolute Gasteiger partial charge is 0.351 e. The second-order valence-electron chi connectivity index (χ2n) is 4.57. The lowest BCUT2D eigenvalue weighted by Gasteiger charge is -2.14. The predicted octanol–water partition coefficient (Wildman–Crippen LogP) is -0.647. The monoisotopic (exact) mass is 223 g/mol. The topological polar surface area (TPSA) is 90.4 Å². The molecule has 1 aromatic rings. The van der Waals surface area contributed by atoms with Crippen molar-refractivity contribution in [1.82, 2.24) is 9.55 Å². The molecule has 3 rings (SSSR count). The van der Waals surface area contributed by atoms with E-state index in [1.807, 2.05) is 0 Å². The molecule has 0 amide bonds. The van der Waals surface area contributed by atoms with Gasteiger partial charge in [-0.15, -0.1) is 0 Å². The molecule has 1 aromatic heterocycles. The Labute approximate surface area is 91.7 Å². The molecule has 3 atom stereocenters. The molecule has 1 aliphatic heterocycles. The van der Waals surface area contributed by atoms with Crippen LogP contribution in [0.5, 0.6) is 0 Å². The molecule has 0 aromatic carbocycles. The maximum atomic E-state index is 11.6. The highest BCUT2D eigenvalue weighted by atomic mass is 16.5. The Bertz CT molecular complexity index is 486. The van der Waals surface area contributed by atoms with E-state index >= 15 is 0 Å². The van der Waals surface area contributed by atoms with Crippen molar-refractivity contribution in [2.75, 3.05) is 18.9 Å². The molecule has 2 heterocycles. The molecule has 6 heteroatoms. The predicted molar refractivity (Wildman–Crippen MR) is 55.5 cm³/mol. The van der Waals surface area contributed by atoms with E-state index in [1.54, 1.807) is 12.3 Å². The molecular weight excluding hydrogens is 210 g/mol. The summed E-state index contributed by atoms with van der Waals surface area (Å²) in [6.07, 6.45) is 2.21. The zero-order valence-electron chi connectivity index (χ0n) is 8.67. The molecule has 0 unspecified atom stereocenters. The van der Waals surface area contributed by atoms with Gasteiger partial charge in [0.05, 0.1) is 13.2 Å². The first kappa shape index (κ1) is 9.80. The van der Waals surface area contributed by atoms with E-state index in [-0.39, 0.29) is 30.0 Å². The fraction of sp³-hybridized carbons (Fsp3) is 0.600. The summed E-state index contributed by atoms with van der Waals surface area (Å²) < 4.78 is 6.99. The van der Waals surface area contributed by atoms with Crippen molar-refractivity contribution in [1.29, 1.82) is 0 Å². The van der Waals surface area contributed by atoms with Crippen LogP contribution in [0, 0.1) is 11.3 Å². The van der Waals surface area contributed by atoms with Gasteiger partial charge in [0.2, 0.25) is 0 Å². The summed E-state index contributed by atoms with van der Waals surface area (Å²) in [5, 5.41) is 9.24. The van der Waals surface area contributed by atoms with E-state index in [2.05, 4.69) is 4.98 Å². The quantitative estimate of drug-likeness (QED) is 0.695. The highest BCUT2D eigenvalue weighted by Gasteiger charge is 2.63. The first-order valence-corrected chi connectivity index (χ1v) is 5.23. The molecule has 1 aliphatic carbocycles. The number of nitrogens with two attached hydrogens (primary N) is 1. The molecule has 86 valence electrons.